The van der Waals surface area contributed by atoms with Gasteiger partial charge in [-0.15, -0.1) is 0 Å². The van der Waals surface area contributed by atoms with E-state index in [1.165, 1.54) is 32.1 Å². The van der Waals surface area contributed by atoms with Gasteiger partial charge in [0, 0.05) is 12.4 Å². The molecule has 1 heterocycles. The molecule has 0 amide bonds. The van der Waals surface area contributed by atoms with E-state index >= 15 is 0 Å². The molecule has 1 heteroatoms. The van der Waals surface area contributed by atoms with Crippen molar-refractivity contribution in [3.05, 3.63) is 35.7 Å². The number of fused-ring (bicyclic) bond motifs is 3. The van der Waals surface area contributed by atoms with Gasteiger partial charge in [0.05, 0.1) is 6.04 Å². The lowest BCUT2D eigenvalue weighted by Crippen LogP contribution is -2.27. The highest BCUT2D eigenvalue weighted by molar-refractivity contribution is 5.41. The Morgan fingerprint density at radius 2 is 1.80 bits per heavy atom. The maximum Gasteiger partial charge on any atom is 0.0548 e. The van der Waals surface area contributed by atoms with Crippen LogP contribution in [0.3, 0.4) is 0 Å². The number of aromatic nitrogens is 1. The lowest BCUT2D eigenvalue weighted by molar-refractivity contribution is 0.395. The second-order valence-corrected chi connectivity index (χ2v) is 5.31. The molecule has 0 radical (unpaired) electrons. The number of allylic oxidation sites excluding steroid dienone is 2. The van der Waals surface area contributed by atoms with E-state index in [0.29, 0.717) is 0 Å². The summed E-state index contributed by atoms with van der Waals surface area (Å²) in [4.78, 5) is 0. The van der Waals surface area contributed by atoms with Crippen LogP contribution in [0, 0.1) is 11.8 Å². The summed E-state index contributed by atoms with van der Waals surface area (Å²) in [6.07, 6.45) is 11.7. The van der Waals surface area contributed by atoms with Gasteiger partial charge in [-0.3, -0.25) is 0 Å². The molecule has 3 aliphatic carbocycles. The normalized spacial score (nSPS) is 37.7. The Morgan fingerprint density at radius 1 is 1.00 bits per heavy atom. The molecule has 0 spiro atoms. The van der Waals surface area contributed by atoms with E-state index in [2.05, 4.69) is 29.1 Å². The van der Waals surface area contributed by atoms with Crippen LogP contribution in [0.25, 0.3) is 0 Å². The smallest absolute Gasteiger partial charge is 0.0548 e. The average Bonchev–Trinajstić information content (AvgIpc) is 2.91. The number of nitrogens with zero attached hydrogens (tertiary/aromatic N) is 1. The predicted molar refractivity (Wildman–Crippen MR) is 60.6 cm³/mol. The molecule has 0 N–H and O–H groups in total. The molecule has 1 aromatic heterocycles. The van der Waals surface area contributed by atoms with Crippen molar-refractivity contribution in [3.8, 4) is 0 Å². The lowest BCUT2D eigenvalue weighted by Gasteiger charge is -2.37. The van der Waals surface area contributed by atoms with E-state index in [1.54, 1.807) is 0 Å². The van der Waals surface area contributed by atoms with Crippen molar-refractivity contribution < 1.29 is 0 Å². The first-order chi connectivity index (χ1) is 7.45. The quantitative estimate of drug-likeness (QED) is 0.609. The van der Waals surface area contributed by atoms with Crippen LogP contribution in [0.15, 0.2) is 35.7 Å². The van der Waals surface area contributed by atoms with Crippen molar-refractivity contribution >= 4 is 0 Å². The first kappa shape index (κ1) is 8.20. The molecule has 1 fully saturated rings. The van der Waals surface area contributed by atoms with Crippen LogP contribution in [-0.2, 0) is 0 Å². The zero-order valence-electron chi connectivity index (χ0n) is 9.02. The SMILES string of the molecule is c1ccn(C2CCC3=C2C2CCCC32)c1. The fourth-order valence-electron chi connectivity index (χ4n) is 4.21. The molecule has 15 heavy (non-hydrogen) atoms. The second-order valence-electron chi connectivity index (χ2n) is 5.31. The van der Waals surface area contributed by atoms with Gasteiger partial charge >= 0.3 is 0 Å². The van der Waals surface area contributed by atoms with Gasteiger partial charge in [0.1, 0.15) is 0 Å². The Morgan fingerprint density at radius 3 is 2.67 bits per heavy atom. The lowest BCUT2D eigenvalue weighted by atomic mass is 9.70. The fraction of sp³-hybridized carbons (Fsp3) is 0.571. The van der Waals surface area contributed by atoms with Gasteiger partial charge in [-0.25, -0.2) is 0 Å². The summed E-state index contributed by atoms with van der Waals surface area (Å²) in [6.45, 7) is 0. The van der Waals surface area contributed by atoms with Crippen LogP contribution in [-0.4, -0.2) is 4.57 Å². The van der Waals surface area contributed by atoms with Gasteiger partial charge in [0.15, 0.2) is 0 Å². The Hall–Kier alpha value is -0.980. The molecule has 1 aromatic rings. The first-order valence-electron chi connectivity index (χ1n) is 6.30. The number of rotatable bonds is 1. The molecule has 1 nitrogen and oxygen atoms in total. The summed E-state index contributed by atoms with van der Waals surface area (Å²) in [7, 11) is 0. The van der Waals surface area contributed by atoms with Crippen molar-refractivity contribution in [2.45, 2.75) is 38.1 Å². The number of hydrogen-bond acceptors (Lipinski definition) is 0. The van der Waals surface area contributed by atoms with Gasteiger partial charge < -0.3 is 4.57 Å². The standard InChI is InChI=1S/C14H17N/c1-2-9-15(8-1)13-7-6-12-10-4-3-5-11(10)14(12)13/h1-2,8-11,13H,3-7H2. The second kappa shape index (κ2) is 2.78. The summed E-state index contributed by atoms with van der Waals surface area (Å²) in [5.74, 6) is 2.00. The maximum absolute atomic E-state index is 2.43. The van der Waals surface area contributed by atoms with Gasteiger partial charge in [0.25, 0.3) is 0 Å². The molecule has 78 valence electrons. The molecule has 3 aliphatic rings. The maximum atomic E-state index is 2.43. The average molecular weight is 199 g/mol. The Balaban J connectivity index is 1.72. The molecule has 3 atom stereocenters. The minimum Gasteiger partial charge on any atom is -0.347 e. The molecule has 0 bridgehead atoms. The monoisotopic (exact) mass is 199 g/mol. The highest BCUT2D eigenvalue weighted by atomic mass is 15.0. The summed E-state index contributed by atoms with van der Waals surface area (Å²) >= 11 is 0. The van der Waals surface area contributed by atoms with Crippen LogP contribution in [0.1, 0.15) is 38.1 Å². The summed E-state index contributed by atoms with van der Waals surface area (Å²) in [5, 5.41) is 0. The third kappa shape index (κ3) is 0.940. The van der Waals surface area contributed by atoms with Crippen molar-refractivity contribution in [2.24, 2.45) is 11.8 Å². The van der Waals surface area contributed by atoms with Gasteiger partial charge in [0.2, 0.25) is 0 Å². The van der Waals surface area contributed by atoms with Gasteiger partial charge in [-0.2, -0.15) is 0 Å². The van der Waals surface area contributed by atoms with Crippen LogP contribution in [0.4, 0.5) is 0 Å². The highest BCUT2D eigenvalue weighted by Gasteiger charge is 2.48. The molecule has 0 aliphatic heterocycles. The van der Waals surface area contributed by atoms with Crippen molar-refractivity contribution in [1.29, 1.82) is 0 Å². The highest BCUT2D eigenvalue weighted by Crippen LogP contribution is 2.60. The number of hydrogen-bond donors (Lipinski definition) is 0. The van der Waals surface area contributed by atoms with E-state index in [1.807, 2.05) is 11.1 Å². The predicted octanol–water partition coefficient (Wildman–Crippen LogP) is 3.55. The molecule has 4 rings (SSSR count). The van der Waals surface area contributed by atoms with E-state index in [9.17, 15) is 0 Å². The first-order valence-corrected chi connectivity index (χ1v) is 6.30. The molecular formula is C14H17N. The van der Waals surface area contributed by atoms with Crippen molar-refractivity contribution in [2.75, 3.05) is 0 Å². The molecule has 0 aromatic carbocycles. The van der Waals surface area contributed by atoms with E-state index in [0.717, 1.165) is 17.9 Å². The van der Waals surface area contributed by atoms with Gasteiger partial charge in [-0.05, 0) is 55.2 Å². The molecule has 1 saturated carbocycles. The Labute approximate surface area is 90.8 Å². The van der Waals surface area contributed by atoms with Crippen LogP contribution >= 0.6 is 0 Å². The van der Waals surface area contributed by atoms with E-state index in [4.69, 9.17) is 0 Å². The Kier molecular flexibility index (Phi) is 1.52. The van der Waals surface area contributed by atoms with E-state index in [-0.39, 0.29) is 0 Å². The van der Waals surface area contributed by atoms with Crippen LogP contribution in [0.2, 0.25) is 0 Å². The molecular weight excluding hydrogens is 182 g/mol. The summed E-state index contributed by atoms with van der Waals surface area (Å²) < 4.78 is 2.43. The topological polar surface area (TPSA) is 4.93 Å². The summed E-state index contributed by atoms with van der Waals surface area (Å²) in [5.41, 5.74) is 3.70. The fourth-order valence-corrected chi connectivity index (χ4v) is 4.21. The zero-order valence-corrected chi connectivity index (χ0v) is 9.02. The van der Waals surface area contributed by atoms with Gasteiger partial charge in [-0.1, -0.05) is 12.0 Å². The Bertz CT molecular complexity index is 413. The minimum atomic E-state index is 0.731. The molecule has 3 unspecified atom stereocenters. The zero-order chi connectivity index (χ0) is 9.83. The van der Waals surface area contributed by atoms with Crippen molar-refractivity contribution in [3.63, 3.8) is 0 Å². The largest absolute Gasteiger partial charge is 0.347 e. The van der Waals surface area contributed by atoms with Crippen LogP contribution < -0.4 is 0 Å². The minimum absolute atomic E-state index is 0.731. The third-order valence-electron chi connectivity index (χ3n) is 4.77. The third-order valence-corrected chi connectivity index (χ3v) is 4.77. The summed E-state index contributed by atoms with van der Waals surface area (Å²) in [6, 6.07) is 5.04. The van der Waals surface area contributed by atoms with Crippen molar-refractivity contribution in [1.82, 2.24) is 4.57 Å². The van der Waals surface area contributed by atoms with Crippen LogP contribution in [0.5, 0.6) is 0 Å². The molecule has 0 saturated heterocycles. The van der Waals surface area contributed by atoms with E-state index < -0.39 is 0 Å².